The van der Waals surface area contributed by atoms with Gasteiger partial charge in [0.25, 0.3) is 0 Å². The van der Waals surface area contributed by atoms with Gasteiger partial charge < -0.3 is 25.4 Å². The number of aromatic nitrogens is 2. The molecule has 10 heteroatoms. The number of anilines is 1. The first-order chi connectivity index (χ1) is 18.3. The third kappa shape index (κ3) is 4.64. The minimum atomic E-state index is -0.661. The van der Waals surface area contributed by atoms with Crippen molar-refractivity contribution >= 4 is 28.2 Å². The highest BCUT2D eigenvalue weighted by atomic mass is 19.1. The highest BCUT2D eigenvalue weighted by Crippen LogP contribution is 2.42. The fourth-order valence-electron chi connectivity index (χ4n) is 5.53. The predicted molar refractivity (Wildman–Crippen MR) is 141 cm³/mol. The minimum Gasteiger partial charge on any atom is -0.493 e. The zero-order valence-corrected chi connectivity index (χ0v) is 21.6. The highest BCUT2D eigenvalue weighted by molar-refractivity contribution is 5.92. The van der Waals surface area contributed by atoms with E-state index >= 15 is 4.39 Å². The van der Waals surface area contributed by atoms with Gasteiger partial charge in [0.2, 0.25) is 5.91 Å². The van der Waals surface area contributed by atoms with Gasteiger partial charge in [-0.05, 0) is 48.7 Å². The first kappa shape index (κ1) is 25.8. The maximum Gasteiger partial charge on any atom is 0.225 e. The predicted octanol–water partition coefficient (Wildman–Crippen LogP) is 4.25. The molecule has 3 atom stereocenters. The smallest absolute Gasteiger partial charge is 0.225 e. The first-order valence-corrected chi connectivity index (χ1v) is 12.7. The van der Waals surface area contributed by atoms with Crippen LogP contribution in [0.15, 0.2) is 36.4 Å². The molecule has 200 valence electrons. The molecule has 1 amide bonds. The van der Waals surface area contributed by atoms with E-state index < -0.39 is 5.82 Å². The summed E-state index contributed by atoms with van der Waals surface area (Å²) in [6.07, 6.45) is 3.96. The topological polar surface area (TPSA) is 103 Å². The number of carbonyl (C=O) groups is 1. The van der Waals surface area contributed by atoms with E-state index in [1.54, 1.807) is 18.2 Å². The molecule has 2 aliphatic heterocycles. The van der Waals surface area contributed by atoms with E-state index in [-0.39, 0.29) is 59.0 Å². The van der Waals surface area contributed by atoms with Gasteiger partial charge in [0.15, 0.2) is 23.1 Å². The normalized spacial score (nSPS) is 19.4. The minimum absolute atomic E-state index is 0.00686. The number of hydrogen-bond donors (Lipinski definition) is 2. The first-order valence-electron chi connectivity index (χ1n) is 12.7. The van der Waals surface area contributed by atoms with Crippen LogP contribution in [0, 0.1) is 17.6 Å². The van der Waals surface area contributed by atoms with Crippen molar-refractivity contribution in [1.82, 2.24) is 20.2 Å². The second kappa shape index (κ2) is 10.5. The average molecular weight is 524 g/mol. The Hall–Kier alpha value is -3.79. The number of hydrogen-bond acceptors (Lipinski definition) is 7. The van der Waals surface area contributed by atoms with Crippen LogP contribution in [-0.2, 0) is 4.79 Å². The fourth-order valence-corrected chi connectivity index (χ4v) is 5.53. The summed E-state index contributed by atoms with van der Waals surface area (Å²) >= 11 is 0. The Bertz CT molecular complexity index is 1400. The second-order valence-corrected chi connectivity index (χ2v) is 9.63. The van der Waals surface area contributed by atoms with E-state index in [1.807, 2.05) is 17.9 Å². The van der Waals surface area contributed by atoms with Gasteiger partial charge in [-0.25, -0.2) is 18.7 Å². The van der Waals surface area contributed by atoms with Crippen molar-refractivity contribution in [2.24, 2.45) is 5.92 Å². The van der Waals surface area contributed by atoms with Crippen LogP contribution >= 0.6 is 0 Å². The Balaban J connectivity index is 1.42. The van der Waals surface area contributed by atoms with E-state index in [1.165, 1.54) is 26.4 Å². The van der Waals surface area contributed by atoms with Crippen LogP contribution in [0.25, 0.3) is 16.5 Å². The molecule has 3 heterocycles. The Morgan fingerprint density at radius 3 is 2.58 bits per heavy atom. The van der Waals surface area contributed by atoms with Crippen LogP contribution in [0.3, 0.4) is 0 Å². The molecule has 3 aliphatic rings. The number of rotatable bonds is 8. The number of nitrogen functional groups attached to an aromatic ring is 1. The van der Waals surface area contributed by atoms with E-state index in [4.69, 9.17) is 15.2 Å². The molecular formula is C28H31F2N5O3. The molecule has 6 rings (SSSR count). The van der Waals surface area contributed by atoms with Gasteiger partial charge in [0.1, 0.15) is 17.2 Å². The molecule has 0 saturated carbocycles. The lowest BCUT2D eigenvalue weighted by atomic mass is 9.79. The average Bonchev–Trinajstić information content (AvgIpc) is 2.93. The number of nitrogens with one attached hydrogen (secondary N) is 1. The molecule has 3 aromatic rings. The molecule has 2 bridgehead atoms. The van der Waals surface area contributed by atoms with E-state index in [9.17, 15) is 9.18 Å². The lowest BCUT2D eigenvalue weighted by Gasteiger charge is -2.44. The number of amides is 1. The van der Waals surface area contributed by atoms with Crippen molar-refractivity contribution in [3.05, 3.63) is 59.4 Å². The summed E-state index contributed by atoms with van der Waals surface area (Å²) < 4.78 is 39.1. The van der Waals surface area contributed by atoms with Crippen molar-refractivity contribution in [2.75, 3.05) is 33.0 Å². The molecule has 1 aliphatic carbocycles. The number of methoxy groups -OCH3 is 2. The van der Waals surface area contributed by atoms with Gasteiger partial charge in [-0.3, -0.25) is 4.79 Å². The fraction of sp³-hybridized carbons (Fsp3) is 0.393. The van der Waals surface area contributed by atoms with Gasteiger partial charge in [-0.2, -0.15) is 0 Å². The molecule has 3 N–H and O–H groups in total. The van der Waals surface area contributed by atoms with Crippen LogP contribution in [0.5, 0.6) is 11.5 Å². The van der Waals surface area contributed by atoms with Crippen LogP contribution in [-0.4, -0.2) is 54.1 Å². The van der Waals surface area contributed by atoms with Crippen molar-refractivity contribution in [1.29, 1.82) is 0 Å². The van der Waals surface area contributed by atoms with Gasteiger partial charge in [-0.15, -0.1) is 0 Å². The quantitative estimate of drug-likeness (QED) is 0.455. The van der Waals surface area contributed by atoms with Crippen LogP contribution < -0.4 is 20.5 Å². The Labute approximate surface area is 219 Å². The third-order valence-electron chi connectivity index (χ3n) is 7.43. The van der Waals surface area contributed by atoms with Crippen molar-refractivity contribution in [2.45, 2.75) is 38.3 Å². The van der Waals surface area contributed by atoms with Crippen molar-refractivity contribution in [3.63, 3.8) is 0 Å². The van der Waals surface area contributed by atoms with Crippen LogP contribution in [0.4, 0.5) is 14.6 Å². The maximum atomic E-state index is 15.3. The summed E-state index contributed by atoms with van der Waals surface area (Å²) in [5.74, 6) is -0.271. The number of nitrogens with zero attached hydrogens (tertiary/aromatic N) is 3. The van der Waals surface area contributed by atoms with Crippen LogP contribution in [0.1, 0.15) is 43.6 Å². The molecule has 1 saturated heterocycles. The summed E-state index contributed by atoms with van der Waals surface area (Å²) in [6.45, 7) is 3.18. The molecule has 0 spiro atoms. The van der Waals surface area contributed by atoms with Gasteiger partial charge in [0.05, 0.1) is 20.3 Å². The van der Waals surface area contributed by atoms with Crippen molar-refractivity contribution < 1.29 is 23.0 Å². The lowest BCUT2D eigenvalue weighted by Crippen LogP contribution is -2.50. The molecule has 2 unspecified atom stereocenters. The standard InChI is InChI=1S/C28H31F2N5O3/c1-4-32-21(15-5-8-17(29)9-6-15)13-23(36)35-14-16-7-10-18(35)11-19(16)28-33-25-20(27(31)34-28)12-22(37-2)26(38-3)24(25)30/h5-6,8-9,11-12,16,18,21,32H,4,7,10,13-14H2,1-3H3,(H2,31,33,34)/t16?,18?,21-/m1/s1. The number of benzene rings is 2. The van der Waals surface area contributed by atoms with Gasteiger partial charge in [-0.1, -0.05) is 25.1 Å². The number of piperidine rings is 1. The number of fused-ring (bicyclic) bond motifs is 3. The zero-order valence-electron chi connectivity index (χ0n) is 21.6. The van der Waals surface area contributed by atoms with Crippen LogP contribution in [0.2, 0.25) is 0 Å². The van der Waals surface area contributed by atoms with Gasteiger partial charge >= 0.3 is 0 Å². The number of carbonyl (C=O) groups excluding carboxylic acids is 1. The summed E-state index contributed by atoms with van der Waals surface area (Å²) in [5.41, 5.74) is 8.04. The third-order valence-corrected chi connectivity index (χ3v) is 7.43. The molecule has 1 aromatic heterocycles. The number of halogens is 2. The van der Waals surface area contributed by atoms with E-state index in [2.05, 4.69) is 15.3 Å². The Kier molecular flexibility index (Phi) is 7.16. The maximum absolute atomic E-state index is 15.3. The number of ether oxygens (including phenoxy) is 2. The second-order valence-electron chi connectivity index (χ2n) is 9.63. The highest BCUT2D eigenvalue weighted by Gasteiger charge is 2.39. The monoisotopic (exact) mass is 523 g/mol. The van der Waals surface area contributed by atoms with Gasteiger partial charge in [0, 0.05) is 30.3 Å². The number of nitrogens with two attached hydrogens (primary N) is 1. The Morgan fingerprint density at radius 2 is 1.95 bits per heavy atom. The summed E-state index contributed by atoms with van der Waals surface area (Å²) in [6, 6.07) is 7.48. The molecule has 8 nitrogen and oxygen atoms in total. The summed E-state index contributed by atoms with van der Waals surface area (Å²) in [7, 11) is 2.79. The molecule has 1 fully saturated rings. The van der Waals surface area contributed by atoms with Crippen molar-refractivity contribution in [3.8, 4) is 11.5 Å². The van der Waals surface area contributed by atoms with E-state index in [0.29, 0.717) is 24.3 Å². The summed E-state index contributed by atoms with van der Waals surface area (Å²) in [4.78, 5) is 24.3. The lowest BCUT2D eigenvalue weighted by molar-refractivity contribution is -0.135. The SMILES string of the molecule is CCN[C@H](CC(=O)N1CC2CCC1C=C2c1nc(N)c2cc(OC)c(OC)c(F)c2n1)c1ccc(F)cc1. The zero-order chi connectivity index (χ0) is 27.0. The summed E-state index contributed by atoms with van der Waals surface area (Å²) in [5, 5.41) is 3.68. The largest absolute Gasteiger partial charge is 0.493 e. The molecule has 38 heavy (non-hydrogen) atoms. The molecule has 0 radical (unpaired) electrons. The molecular weight excluding hydrogens is 492 g/mol. The Morgan fingerprint density at radius 1 is 1.18 bits per heavy atom. The molecule has 2 aromatic carbocycles. The van der Waals surface area contributed by atoms with E-state index in [0.717, 1.165) is 24.0 Å².